The van der Waals surface area contributed by atoms with Gasteiger partial charge in [-0.2, -0.15) is 0 Å². The van der Waals surface area contributed by atoms with Crippen molar-refractivity contribution in [2.24, 2.45) is 5.92 Å². The summed E-state index contributed by atoms with van der Waals surface area (Å²) in [4.78, 5) is 34.0. The molecule has 4 rings (SSSR count). The molecular weight excluding hydrogens is 496 g/mol. The number of aromatic nitrogens is 1. The maximum atomic E-state index is 13.8. The van der Waals surface area contributed by atoms with Crippen LogP contribution in [0.4, 0.5) is 0 Å². The van der Waals surface area contributed by atoms with E-state index in [1.165, 1.54) is 0 Å². The van der Waals surface area contributed by atoms with Gasteiger partial charge in [0.2, 0.25) is 11.8 Å². The van der Waals surface area contributed by atoms with E-state index >= 15 is 0 Å². The minimum atomic E-state index is -0.722. The average Bonchev–Trinajstić information content (AvgIpc) is 3.55. The maximum Gasteiger partial charge on any atom is 0.243 e. The lowest BCUT2D eigenvalue weighted by Crippen LogP contribution is -2.54. The Labute approximate surface area is 229 Å². The van der Waals surface area contributed by atoms with Crippen molar-refractivity contribution < 1.29 is 14.7 Å². The van der Waals surface area contributed by atoms with Crippen LogP contribution in [0.25, 0.3) is 10.4 Å². The highest BCUT2D eigenvalue weighted by Gasteiger charge is 2.42. The lowest BCUT2D eigenvalue weighted by molar-refractivity contribution is -0.141. The summed E-state index contributed by atoms with van der Waals surface area (Å²) in [7, 11) is 0. The van der Waals surface area contributed by atoms with Crippen molar-refractivity contribution in [1.29, 1.82) is 0 Å². The van der Waals surface area contributed by atoms with E-state index in [0.717, 1.165) is 33.7 Å². The number of β-amino-alcohol motifs (C(OH)–C–C–N with tert-alkyl or cyclic N) is 1. The zero-order valence-electron chi connectivity index (χ0n) is 22.6. The first-order valence-electron chi connectivity index (χ1n) is 13.3. The zero-order valence-corrected chi connectivity index (χ0v) is 23.4. The number of hydrogen-bond acceptors (Lipinski definition) is 6. The molecule has 3 aromatic rings. The van der Waals surface area contributed by atoms with Crippen LogP contribution in [0.3, 0.4) is 0 Å². The first-order chi connectivity index (χ1) is 18.3. The molecule has 1 fully saturated rings. The number of thiazole rings is 1. The molecule has 38 heavy (non-hydrogen) atoms. The van der Waals surface area contributed by atoms with E-state index in [-0.39, 0.29) is 36.7 Å². The van der Waals surface area contributed by atoms with Crippen LogP contribution >= 0.6 is 11.3 Å². The molecule has 2 unspecified atom stereocenters. The van der Waals surface area contributed by atoms with Gasteiger partial charge in [0, 0.05) is 25.6 Å². The molecule has 2 amide bonds. The summed E-state index contributed by atoms with van der Waals surface area (Å²) in [5.41, 5.74) is 6.01. The number of likely N-dealkylation sites (tertiary alicyclic amines) is 1. The third kappa shape index (κ3) is 6.49. The Morgan fingerprint density at radius 1 is 1.13 bits per heavy atom. The van der Waals surface area contributed by atoms with E-state index in [2.05, 4.69) is 22.5 Å². The second-order valence-electron chi connectivity index (χ2n) is 10.2. The molecule has 0 aliphatic carbocycles. The van der Waals surface area contributed by atoms with E-state index in [0.29, 0.717) is 6.54 Å². The second-order valence-corrected chi connectivity index (χ2v) is 11.1. The number of aliphatic hydroxyl groups is 1. The number of aliphatic hydroxyl groups excluding tert-OH is 1. The van der Waals surface area contributed by atoms with Gasteiger partial charge in [0.1, 0.15) is 6.04 Å². The van der Waals surface area contributed by atoms with Crippen molar-refractivity contribution >= 4 is 23.2 Å². The van der Waals surface area contributed by atoms with Gasteiger partial charge >= 0.3 is 0 Å². The third-order valence-corrected chi connectivity index (χ3v) is 8.48. The van der Waals surface area contributed by atoms with E-state index in [1.54, 1.807) is 16.2 Å². The highest BCUT2D eigenvalue weighted by atomic mass is 32.1. The van der Waals surface area contributed by atoms with Crippen LogP contribution in [0.15, 0.2) is 60.1 Å². The minimum absolute atomic E-state index is 0.0318. The van der Waals surface area contributed by atoms with Gasteiger partial charge in [0.15, 0.2) is 0 Å². The van der Waals surface area contributed by atoms with Gasteiger partial charge < -0.3 is 15.3 Å². The molecular formula is C30H38N4O3S. The molecule has 2 heterocycles. The molecule has 0 bridgehead atoms. The van der Waals surface area contributed by atoms with Crippen LogP contribution in [0.1, 0.15) is 56.5 Å². The van der Waals surface area contributed by atoms with Gasteiger partial charge in [-0.05, 0) is 36.5 Å². The number of amides is 2. The van der Waals surface area contributed by atoms with Crippen molar-refractivity contribution in [2.45, 2.75) is 71.3 Å². The molecule has 1 aliphatic heterocycles. The molecule has 5 atom stereocenters. The number of carbonyl (C=O) groups excluding carboxylic acids is 2. The first-order valence-corrected chi connectivity index (χ1v) is 14.2. The van der Waals surface area contributed by atoms with E-state index in [1.807, 2.05) is 80.9 Å². The Morgan fingerprint density at radius 3 is 2.47 bits per heavy atom. The molecule has 7 nitrogen and oxygen atoms in total. The first kappa shape index (κ1) is 28.0. The Bertz CT molecular complexity index is 1210. The van der Waals surface area contributed by atoms with Crippen molar-refractivity contribution in [3.8, 4) is 10.4 Å². The number of nitrogens with one attached hydrogen (secondary N) is 2. The number of carbonyl (C=O) groups is 2. The smallest absolute Gasteiger partial charge is 0.243 e. The lowest BCUT2D eigenvalue weighted by Gasteiger charge is -2.33. The summed E-state index contributed by atoms with van der Waals surface area (Å²) in [6, 6.07) is 16.9. The topological polar surface area (TPSA) is 94.6 Å². The molecule has 1 aromatic heterocycles. The number of rotatable bonds is 10. The van der Waals surface area contributed by atoms with Crippen molar-refractivity contribution in [3.05, 3.63) is 76.9 Å². The number of hydrogen-bond donors (Lipinski definition) is 3. The van der Waals surface area contributed by atoms with Crippen LogP contribution in [0.2, 0.25) is 0 Å². The van der Waals surface area contributed by atoms with Crippen molar-refractivity contribution in [2.75, 3.05) is 6.54 Å². The molecule has 2 aromatic carbocycles. The van der Waals surface area contributed by atoms with Gasteiger partial charge in [-0.15, -0.1) is 11.3 Å². The molecule has 8 heteroatoms. The monoisotopic (exact) mass is 534 g/mol. The van der Waals surface area contributed by atoms with Crippen LogP contribution in [-0.4, -0.2) is 51.5 Å². The molecule has 1 aliphatic rings. The molecule has 0 saturated carbocycles. The largest absolute Gasteiger partial charge is 0.391 e. The summed E-state index contributed by atoms with van der Waals surface area (Å²) in [5, 5.41) is 16.9. The van der Waals surface area contributed by atoms with Crippen LogP contribution in [-0.2, 0) is 16.1 Å². The van der Waals surface area contributed by atoms with E-state index in [4.69, 9.17) is 0 Å². The molecule has 0 spiro atoms. The molecule has 0 radical (unpaired) electrons. The zero-order chi connectivity index (χ0) is 27.2. The standard InChI is InChI=1S/C30H38N4O3S/c1-5-19(2)27(33-20(3)23-9-7-6-8-10-23)30(37)34-17-25(35)15-26(34)29(36)31-16-22-11-13-24(14-12-22)28-21(4)32-18-38-28/h6-14,18-20,25-27,33,35H,5,15-17H2,1-4H3,(H,31,36)/t19-,20?,25+,26-,27?/m0/s1. The third-order valence-electron chi connectivity index (χ3n) is 7.50. The fraction of sp³-hybridized carbons (Fsp3) is 0.433. The highest BCUT2D eigenvalue weighted by molar-refractivity contribution is 7.13. The van der Waals surface area contributed by atoms with Gasteiger partial charge in [0.25, 0.3) is 0 Å². The summed E-state index contributed by atoms with van der Waals surface area (Å²) >= 11 is 1.61. The van der Waals surface area contributed by atoms with Gasteiger partial charge in [0.05, 0.1) is 28.2 Å². The Kier molecular flexibility index (Phi) is 9.31. The summed E-state index contributed by atoms with van der Waals surface area (Å²) in [5.74, 6) is -0.310. The highest BCUT2D eigenvalue weighted by Crippen LogP contribution is 2.27. The molecule has 3 N–H and O–H groups in total. The van der Waals surface area contributed by atoms with E-state index in [9.17, 15) is 14.7 Å². The number of nitrogens with zero attached hydrogens (tertiary/aromatic N) is 2. The fourth-order valence-corrected chi connectivity index (χ4v) is 5.78. The molecule has 1 saturated heterocycles. The second kappa shape index (κ2) is 12.7. The lowest BCUT2D eigenvalue weighted by atomic mass is 9.95. The summed E-state index contributed by atoms with van der Waals surface area (Å²) in [6.07, 6.45) is 0.332. The van der Waals surface area contributed by atoms with Crippen molar-refractivity contribution in [3.63, 3.8) is 0 Å². The Hall–Kier alpha value is -3.07. The van der Waals surface area contributed by atoms with Crippen LogP contribution < -0.4 is 10.6 Å². The van der Waals surface area contributed by atoms with Gasteiger partial charge in [-0.3, -0.25) is 14.9 Å². The fourth-order valence-electron chi connectivity index (χ4n) is 4.97. The number of aryl methyl sites for hydroxylation is 1. The summed E-state index contributed by atoms with van der Waals surface area (Å²) in [6.45, 7) is 8.66. The quantitative estimate of drug-likeness (QED) is 0.357. The molecule has 202 valence electrons. The SMILES string of the molecule is CC[C@H](C)C(NC(C)c1ccccc1)C(=O)N1C[C@H](O)C[C@H]1C(=O)NCc1ccc(-c2scnc2C)cc1. The van der Waals surface area contributed by atoms with Crippen LogP contribution in [0.5, 0.6) is 0 Å². The predicted octanol–water partition coefficient (Wildman–Crippen LogP) is 4.46. The maximum absolute atomic E-state index is 13.8. The Balaban J connectivity index is 1.42. The summed E-state index contributed by atoms with van der Waals surface area (Å²) < 4.78 is 0. The Morgan fingerprint density at radius 2 is 1.84 bits per heavy atom. The van der Waals surface area contributed by atoms with Crippen molar-refractivity contribution in [1.82, 2.24) is 20.5 Å². The predicted molar refractivity (Wildman–Crippen MR) is 151 cm³/mol. The number of benzene rings is 2. The van der Waals surface area contributed by atoms with Crippen LogP contribution in [0, 0.1) is 12.8 Å². The van der Waals surface area contributed by atoms with Gasteiger partial charge in [-0.25, -0.2) is 4.98 Å². The minimum Gasteiger partial charge on any atom is -0.391 e. The van der Waals surface area contributed by atoms with Gasteiger partial charge in [-0.1, -0.05) is 74.9 Å². The van der Waals surface area contributed by atoms with E-state index < -0.39 is 18.2 Å². The normalized spacial score (nSPS) is 19.7. The average molecular weight is 535 g/mol.